The predicted octanol–water partition coefficient (Wildman–Crippen LogP) is 1.34. The molecule has 0 fully saturated rings. The van der Waals surface area contributed by atoms with Crippen molar-refractivity contribution in [2.24, 2.45) is 7.05 Å². The van der Waals surface area contributed by atoms with E-state index in [1.165, 1.54) is 7.05 Å². The molecule has 9 nitrogen and oxygen atoms in total. The molecule has 2 aromatic rings. The van der Waals surface area contributed by atoms with Crippen molar-refractivity contribution in [3.05, 3.63) is 29.7 Å². The van der Waals surface area contributed by atoms with Gasteiger partial charge in [0, 0.05) is 13.1 Å². The summed E-state index contributed by atoms with van der Waals surface area (Å²) in [5.41, 5.74) is -2.72. The van der Waals surface area contributed by atoms with Gasteiger partial charge in [-0.3, -0.25) is 9.40 Å². The number of anilines is 1. The zero-order chi connectivity index (χ0) is 19.0. The number of ether oxygens (including phenoxy) is 1. The van der Waals surface area contributed by atoms with Crippen LogP contribution in [-0.2, 0) is 23.2 Å². The van der Waals surface area contributed by atoms with Gasteiger partial charge in [-0.2, -0.15) is 18.3 Å². The van der Waals surface area contributed by atoms with Gasteiger partial charge in [0.15, 0.2) is 11.4 Å². The highest BCUT2D eigenvalue weighted by molar-refractivity contribution is 7.92. The SMILES string of the molecule is COc1ccc(S(=O)(=O)Nc2cnn(C)c2C(=O)O)c(C(F)(F)F)n1. The molecule has 0 aliphatic heterocycles. The Morgan fingerprint density at radius 3 is 2.52 bits per heavy atom. The van der Waals surface area contributed by atoms with E-state index in [4.69, 9.17) is 5.11 Å². The van der Waals surface area contributed by atoms with Crippen molar-refractivity contribution in [1.82, 2.24) is 14.8 Å². The van der Waals surface area contributed by atoms with E-state index in [0.29, 0.717) is 6.07 Å². The highest BCUT2D eigenvalue weighted by Crippen LogP contribution is 2.34. The summed E-state index contributed by atoms with van der Waals surface area (Å²) < 4.78 is 71.2. The number of alkyl halides is 3. The highest BCUT2D eigenvalue weighted by Gasteiger charge is 2.40. The van der Waals surface area contributed by atoms with Crippen molar-refractivity contribution < 1.29 is 36.2 Å². The predicted molar refractivity (Wildman–Crippen MR) is 76.8 cm³/mol. The molecule has 0 saturated heterocycles. The number of rotatable bonds is 5. The van der Waals surface area contributed by atoms with Crippen LogP contribution in [0, 0.1) is 0 Å². The summed E-state index contributed by atoms with van der Waals surface area (Å²) in [5.74, 6) is -1.94. The zero-order valence-electron chi connectivity index (χ0n) is 12.7. The number of carbonyl (C=O) groups is 1. The first-order valence-electron chi connectivity index (χ1n) is 6.37. The molecule has 0 aromatic carbocycles. The molecule has 0 aliphatic carbocycles. The van der Waals surface area contributed by atoms with Gasteiger partial charge in [-0.15, -0.1) is 0 Å². The van der Waals surface area contributed by atoms with Crippen molar-refractivity contribution in [2.45, 2.75) is 11.1 Å². The van der Waals surface area contributed by atoms with Crippen LogP contribution >= 0.6 is 0 Å². The number of methoxy groups -OCH3 is 1. The Bertz CT molecular complexity index is 923. The van der Waals surface area contributed by atoms with Crippen LogP contribution in [0.5, 0.6) is 5.88 Å². The number of nitrogens with one attached hydrogen (secondary N) is 1. The minimum absolute atomic E-state index is 0.432. The molecule has 136 valence electrons. The first-order valence-corrected chi connectivity index (χ1v) is 7.86. The number of hydrogen-bond acceptors (Lipinski definition) is 6. The Kier molecular flexibility index (Phi) is 4.61. The Hall–Kier alpha value is -2.83. The van der Waals surface area contributed by atoms with Gasteiger partial charge in [-0.05, 0) is 6.07 Å². The number of sulfonamides is 1. The molecule has 0 unspecified atom stereocenters. The second kappa shape index (κ2) is 6.23. The van der Waals surface area contributed by atoms with Gasteiger partial charge in [0.2, 0.25) is 5.88 Å². The molecule has 2 rings (SSSR count). The normalized spacial score (nSPS) is 12.0. The van der Waals surface area contributed by atoms with Crippen LogP contribution in [0.4, 0.5) is 18.9 Å². The second-order valence-corrected chi connectivity index (χ2v) is 6.29. The van der Waals surface area contributed by atoms with Gasteiger partial charge < -0.3 is 9.84 Å². The molecule has 0 aliphatic rings. The number of carboxylic acids is 1. The van der Waals surface area contributed by atoms with Gasteiger partial charge in [-0.1, -0.05) is 0 Å². The second-order valence-electron chi connectivity index (χ2n) is 4.64. The number of aromatic nitrogens is 3. The maximum absolute atomic E-state index is 13.1. The molecule has 0 saturated carbocycles. The number of nitrogens with zero attached hydrogens (tertiary/aromatic N) is 3. The monoisotopic (exact) mass is 380 g/mol. The summed E-state index contributed by atoms with van der Waals surface area (Å²) in [6, 6.07) is 1.60. The van der Waals surface area contributed by atoms with Crippen LogP contribution < -0.4 is 9.46 Å². The van der Waals surface area contributed by atoms with Gasteiger partial charge in [-0.25, -0.2) is 18.2 Å². The summed E-state index contributed by atoms with van der Waals surface area (Å²) in [7, 11) is -2.49. The summed E-state index contributed by atoms with van der Waals surface area (Å²) >= 11 is 0. The third-order valence-electron chi connectivity index (χ3n) is 2.99. The Balaban J connectivity index is 2.56. The van der Waals surface area contributed by atoms with Gasteiger partial charge >= 0.3 is 12.1 Å². The smallest absolute Gasteiger partial charge is 0.434 e. The summed E-state index contributed by atoms with van der Waals surface area (Å²) in [5, 5.41) is 12.6. The number of aromatic carboxylic acids is 1. The van der Waals surface area contributed by atoms with Crippen LogP contribution in [0.3, 0.4) is 0 Å². The maximum Gasteiger partial charge on any atom is 0.434 e. The lowest BCUT2D eigenvalue weighted by Gasteiger charge is -2.14. The molecular formula is C12H11F3N4O5S. The first kappa shape index (κ1) is 18.5. The van der Waals surface area contributed by atoms with Crippen molar-refractivity contribution in [2.75, 3.05) is 11.8 Å². The standard InChI is InChI=1S/C12H11F3N4O5S/c1-19-9(11(20)21)6(5-16-19)18-25(22,23)7-3-4-8(24-2)17-10(7)12(13,14)15/h3-5,18H,1-2H3,(H,20,21). The molecule has 0 amide bonds. The largest absolute Gasteiger partial charge is 0.481 e. The fraction of sp³-hybridized carbons (Fsp3) is 0.250. The van der Waals surface area contributed by atoms with Crippen LogP contribution in [-0.4, -0.2) is 41.4 Å². The van der Waals surface area contributed by atoms with E-state index in [-0.39, 0.29) is 0 Å². The van der Waals surface area contributed by atoms with E-state index in [1.807, 2.05) is 0 Å². The average Bonchev–Trinajstić information content (AvgIpc) is 2.85. The lowest BCUT2D eigenvalue weighted by atomic mass is 10.3. The van der Waals surface area contributed by atoms with E-state index >= 15 is 0 Å². The molecule has 0 atom stereocenters. The van der Waals surface area contributed by atoms with Crippen molar-refractivity contribution in [1.29, 1.82) is 0 Å². The molecule has 25 heavy (non-hydrogen) atoms. The van der Waals surface area contributed by atoms with Gasteiger partial charge in [0.25, 0.3) is 10.0 Å². The molecule has 0 spiro atoms. The number of halogens is 3. The Morgan fingerprint density at radius 1 is 1.36 bits per heavy atom. The molecule has 0 radical (unpaired) electrons. The van der Waals surface area contributed by atoms with E-state index in [1.54, 1.807) is 4.72 Å². The van der Waals surface area contributed by atoms with Crippen LogP contribution in [0.15, 0.2) is 23.2 Å². The lowest BCUT2D eigenvalue weighted by molar-refractivity contribution is -0.143. The van der Waals surface area contributed by atoms with E-state index in [0.717, 1.165) is 24.1 Å². The number of aryl methyl sites for hydroxylation is 1. The molecule has 2 heterocycles. The molecular weight excluding hydrogens is 369 g/mol. The minimum atomic E-state index is -5.08. The fourth-order valence-electron chi connectivity index (χ4n) is 1.93. The Morgan fingerprint density at radius 2 is 2.00 bits per heavy atom. The van der Waals surface area contributed by atoms with Crippen molar-refractivity contribution in [3.63, 3.8) is 0 Å². The van der Waals surface area contributed by atoms with E-state index < -0.39 is 50.0 Å². The number of pyridine rings is 1. The van der Waals surface area contributed by atoms with Gasteiger partial charge in [0.05, 0.1) is 13.3 Å². The topological polar surface area (TPSA) is 123 Å². The summed E-state index contributed by atoms with van der Waals surface area (Å²) in [6.07, 6.45) is -4.21. The zero-order valence-corrected chi connectivity index (χ0v) is 13.5. The molecule has 2 N–H and O–H groups in total. The third kappa shape index (κ3) is 3.65. The van der Waals surface area contributed by atoms with Crippen LogP contribution in [0.25, 0.3) is 0 Å². The first-order chi connectivity index (χ1) is 11.5. The average molecular weight is 380 g/mol. The summed E-state index contributed by atoms with van der Waals surface area (Å²) in [4.78, 5) is 13.1. The fourth-order valence-corrected chi connectivity index (χ4v) is 3.14. The van der Waals surface area contributed by atoms with Crippen LogP contribution in [0.1, 0.15) is 16.2 Å². The molecule has 0 bridgehead atoms. The molecule has 2 aromatic heterocycles. The molecule has 13 heteroatoms. The maximum atomic E-state index is 13.1. The van der Waals surface area contributed by atoms with Gasteiger partial charge in [0.1, 0.15) is 10.6 Å². The number of carboxylic acid groups (broad SMARTS) is 1. The highest BCUT2D eigenvalue weighted by atomic mass is 32.2. The Labute approximate surface area is 139 Å². The van der Waals surface area contributed by atoms with Crippen LogP contribution in [0.2, 0.25) is 0 Å². The van der Waals surface area contributed by atoms with Crippen molar-refractivity contribution in [3.8, 4) is 5.88 Å². The number of hydrogen-bond donors (Lipinski definition) is 2. The minimum Gasteiger partial charge on any atom is -0.481 e. The van der Waals surface area contributed by atoms with E-state index in [2.05, 4.69) is 14.8 Å². The van der Waals surface area contributed by atoms with E-state index in [9.17, 15) is 26.4 Å². The quantitative estimate of drug-likeness (QED) is 0.802. The van der Waals surface area contributed by atoms with Crippen molar-refractivity contribution >= 4 is 21.7 Å². The lowest BCUT2D eigenvalue weighted by Crippen LogP contribution is -2.21. The third-order valence-corrected chi connectivity index (χ3v) is 4.38. The summed E-state index contributed by atoms with van der Waals surface area (Å²) in [6.45, 7) is 0.